The summed E-state index contributed by atoms with van der Waals surface area (Å²) >= 11 is 0. The predicted octanol–water partition coefficient (Wildman–Crippen LogP) is 3.68. The van der Waals surface area contributed by atoms with Gasteiger partial charge in [0.1, 0.15) is 5.82 Å². The van der Waals surface area contributed by atoms with E-state index in [9.17, 15) is 4.39 Å². The lowest BCUT2D eigenvalue weighted by molar-refractivity contribution is 0.359. The standard InChI is InChI=1S/C13H15FN2/c14-10-6-7-12-13(8-10)16(9-15-12)11-4-2-1-3-5-11/h6-9,11H,1-5H2. The van der Waals surface area contributed by atoms with E-state index < -0.39 is 0 Å². The highest BCUT2D eigenvalue weighted by Gasteiger charge is 2.17. The summed E-state index contributed by atoms with van der Waals surface area (Å²) in [6.45, 7) is 0. The van der Waals surface area contributed by atoms with Crippen molar-refractivity contribution in [3.63, 3.8) is 0 Å². The summed E-state index contributed by atoms with van der Waals surface area (Å²) in [6, 6.07) is 5.34. The monoisotopic (exact) mass is 218 g/mol. The fourth-order valence-corrected chi connectivity index (χ4v) is 2.65. The van der Waals surface area contributed by atoms with Crippen LogP contribution in [0.1, 0.15) is 38.1 Å². The molecule has 0 atom stereocenters. The molecule has 1 aromatic carbocycles. The third-order valence-corrected chi connectivity index (χ3v) is 3.50. The van der Waals surface area contributed by atoms with Crippen molar-refractivity contribution in [2.45, 2.75) is 38.1 Å². The van der Waals surface area contributed by atoms with Crippen LogP contribution in [0.4, 0.5) is 4.39 Å². The smallest absolute Gasteiger partial charge is 0.125 e. The van der Waals surface area contributed by atoms with Gasteiger partial charge in [0.25, 0.3) is 0 Å². The summed E-state index contributed by atoms with van der Waals surface area (Å²) in [5, 5.41) is 0. The van der Waals surface area contributed by atoms with E-state index in [1.54, 1.807) is 12.1 Å². The second-order valence-corrected chi connectivity index (χ2v) is 4.58. The van der Waals surface area contributed by atoms with Crippen molar-refractivity contribution in [3.8, 4) is 0 Å². The van der Waals surface area contributed by atoms with E-state index in [2.05, 4.69) is 9.55 Å². The summed E-state index contributed by atoms with van der Waals surface area (Å²) in [5.74, 6) is -0.176. The third kappa shape index (κ3) is 1.60. The van der Waals surface area contributed by atoms with Crippen LogP contribution in [0.5, 0.6) is 0 Å². The normalized spacial score (nSPS) is 18.1. The maximum absolute atomic E-state index is 13.2. The summed E-state index contributed by atoms with van der Waals surface area (Å²) in [6.07, 6.45) is 8.14. The van der Waals surface area contributed by atoms with Gasteiger partial charge in [0.05, 0.1) is 17.4 Å². The van der Waals surface area contributed by atoms with Crippen molar-refractivity contribution in [1.29, 1.82) is 0 Å². The van der Waals surface area contributed by atoms with Crippen molar-refractivity contribution in [2.75, 3.05) is 0 Å². The SMILES string of the molecule is Fc1ccc2ncn(C3CCCCC3)c2c1. The molecule has 0 aliphatic heterocycles. The average Bonchev–Trinajstić information content (AvgIpc) is 2.73. The number of fused-ring (bicyclic) bond motifs is 1. The first kappa shape index (κ1) is 9.82. The van der Waals surface area contributed by atoms with Crippen LogP contribution in [-0.2, 0) is 0 Å². The minimum absolute atomic E-state index is 0.176. The van der Waals surface area contributed by atoms with Crippen LogP contribution in [0.25, 0.3) is 11.0 Å². The van der Waals surface area contributed by atoms with Gasteiger partial charge >= 0.3 is 0 Å². The number of rotatable bonds is 1. The van der Waals surface area contributed by atoms with Gasteiger partial charge in [0.2, 0.25) is 0 Å². The zero-order chi connectivity index (χ0) is 11.0. The number of hydrogen-bond acceptors (Lipinski definition) is 1. The molecule has 1 heterocycles. The van der Waals surface area contributed by atoms with Crippen LogP contribution in [0, 0.1) is 5.82 Å². The summed E-state index contributed by atoms with van der Waals surface area (Å²) in [4.78, 5) is 4.33. The highest BCUT2D eigenvalue weighted by atomic mass is 19.1. The molecule has 2 nitrogen and oxygen atoms in total. The van der Waals surface area contributed by atoms with Gasteiger partial charge in [-0.1, -0.05) is 19.3 Å². The molecular formula is C13H15FN2. The van der Waals surface area contributed by atoms with E-state index in [1.807, 2.05) is 6.33 Å². The van der Waals surface area contributed by atoms with Crippen molar-refractivity contribution in [1.82, 2.24) is 9.55 Å². The van der Waals surface area contributed by atoms with Gasteiger partial charge in [-0.25, -0.2) is 9.37 Å². The quantitative estimate of drug-likeness (QED) is 0.714. The van der Waals surface area contributed by atoms with Gasteiger partial charge < -0.3 is 4.57 Å². The molecular weight excluding hydrogens is 203 g/mol. The first-order valence-electron chi connectivity index (χ1n) is 5.97. The van der Waals surface area contributed by atoms with Crippen molar-refractivity contribution >= 4 is 11.0 Å². The summed E-state index contributed by atoms with van der Waals surface area (Å²) < 4.78 is 15.4. The van der Waals surface area contributed by atoms with Crippen LogP contribution < -0.4 is 0 Å². The Hall–Kier alpha value is -1.38. The number of halogens is 1. The Balaban J connectivity index is 2.05. The van der Waals surface area contributed by atoms with E-state index in [4.69, 9.17) is 0 Å². The molecule has 0 saturated heterocycles. The van der Waals surface area contributed by atoms with Crippen LogP contribution in [0.2, 0.25) is 0 Å². The first-order chi connectivity index (χ1) is 7.84. The van der Waals surface area contributed by atoms with E-state index in [0.29, 0.717) is 6.04 Å². The topological polar surface area (TPSA) is 17.8 Å². The van der Waals surface area contributed by atoms with Gasteiger partial charge in [-0.3, -0.25) is 0 Å². The molecule has 16 heavy (non-hydrogen) atoms. The van der Waals surface area contributed by atoms with Gasteiger partial charge in [-0.15, -0.1) is 0 Å². The molecule has 1 aliphatic rings. The van der Waals surface area contributed by atoms with Crippen LogP contribution >= 0.6 is 0 Å². The molecule has 2 aromatic rings. The maximum Gasteiger partial charge on any atom is 0.125 e. The molecule has 84 valence electrons. The van der Waals surface area contributed by atoms with Crippen LogP contribution in [0.15, 0.2) is 24.5 Å². The molecule has 1 saturated carbocycles. The zero-order valence-electron chi connectivity index (χ0n) is 9.19. The van der Waals surface area contributed by atoms with Crippen molar-refractivity contribution in [2.24, 2.45) is 0 Å². The fourth-order valence-electron chi connectivity index (χ4n) is 2.65. The second-order valence-electron chi connectivity index (χ2n) is 4.58. The summed E-state index contributed by atoms with van der Waals surface area (Å²) in [5.41, 5.74) is 1.83. The minimum atomic E-state index is -0.176. The third-order valence-electron chi connectivity index (χ3n) is 3.50. The molecule has 1 aromatic heterocycles. The number of benzene rings is 1. The molecule has 1 fully saturated rings. The Morgan fingerprint density at radius 1 is 1.19 bits per heavy atom. The second kappa shape index (κ2) is 3.89. The van der Waals surface area contributed by atoms with Crippen molar-refractivity contribution in [3.05, 3.63) is 30.3 Å². The van der Waals surface area contributed by atoms with E-state index in [-0.39, 0.29) is 5.82 Å². The largest absolute Gasteiger partial charge is 0.327 e. The molecule has 0 N–H and O–H groups in total. The Morgan fingerprint density at radius 2 is 2.00 bits per heavy atom. The molecule has 3 heteroatoms. The van der Waals surface area contributed by atoms with E-state index in [1.165, 1.54) is 38.2 Å². The predicted molar refractivity (Wildman–Crippen MR) is 61.8 cm³/mol. The van der Waals surface area contributed by atoms with Gasteiger partial charge in [0.15, 0.2) is 0 Å². The number of hydrogen-bond donors (Lipinski definition) is 0. The molecule has 0 bridgehead atoms. The first-order valence-corrected chi connectivity index (χ1v) is 5.97. The van der Waals surface area contributed by atoms with Gasteiger partial charge in [-0.05, 0) is 31.0 Å². The maximum atomic E-state index is 13.2. The molecule has 1 aliphatic carbocycles. The lowest BCUT2D eigenvalue weighted by Crippen LogP contribution is -2.11. The Bertz CT molecular complexity index is 498. The highest BCUT2D eigenvalue weighted by Crippen LogP contribution is 2.30. The zero-order valence-corrected chi connectivity index (χ0v) is 9.19. The van der Waals surface area contributed by atoms with Crippen LogP contribution in [0.3, 0.4) is 0 Å². The molecule has 0 unspecified atom stereocenters. The summed E-state index contributed by atoms with van der Waals surface area (Å²) in [7, 11) is 0. The number of nitrogens with zero attached hydrogens (tertiary/aromatic N) is 2. The van der Waals surface area contributed by atoms with Gasteiger partial charge in [0, 0.05) is 6.04 Å². The lowest BCUT2D eigenvalue weighted by atomic mass is 9.95. The van der Waals surface area contributed by atoms with Gasteiger partial charge in [-0.2, -0.15) is 0 Å². The molecule has 3 rings (SSSR count). The average molecular weight is 218 g/mol. The Labute approximate surface area is 94.1 Å². The van der Waals surface area contributed by atoms with Crippen molar-refractivity contribution < 1.29 is 4.39 Å². The number of aromatic nitrogens is 2. The lowest BCUT2D eigenvalue weighted by Gasteiger charge is -2.23. The minimum Gasteiger partial charge on any atom is -0.327 e. The fraction of sp³-hybridized carbons (Fsp3) is 0.462. The van der Waals surface area contributed by atoms with Crippen LogP contribution in [-0.4, -0.2) is 9.55 Å². The highest BCUT2D eigenvalue weighted by molar-refractivity contribution is 5.75. The van der Waals surface area contributed by atoms with E-state index >= 15 is 0 Å². The Kier molecular flexibility index (Phi) is 2.39. The molecule has 0 amide bonds. The molecule has 0 radical (unpaired) electrons. The number of imidazole rings is 1. The van der Waals surface area contributed by atoms with E-state index in [0.717, 1.165) is 11.0 Å². The Morgan fingerprint density at radius 3 is 2.81 bits per heavy atom. The molecule has 0 spiro atoms.